The number of benzene rings is 1. The molecule has 0 saturated carbocycles. The number of fused-ring (bicyclic) bond motifs is 1. The van der Waals surface area contributed by atoms with Crippen molar-refractivity contribution >= 4 is 17.4 Å². The van der Waals surface area contributed by atoms with Gasteiger partial charge in [0.25, 0.3) is 0 Å². The van der Waals surface area contributed by atoms with Crippen LogP contribution >= 0.6 is 11.8 Å². The summed E-state index contributed by atoms with van der Waals surface area (Å²) in [6.45, 7) is 0.983. The van der Waals surface area contributed by atoms with Crippen molar-refractivity contribution in [3.63, 3.8) is 0 Å². The van der Waals surface area contributed by atoms with Gasteiger partial charge in [-0.05, 0) is 31.0 Å². The zero-order valence-corrected chi connectivity index (χ0v) is 11.3. The lowest BCUT2D eigenvalue weighted by Gasteiger charge is -2.14. The number of nitrogen functional groups attached to an aromatic ring is 1. The molecule has 0 atom stereocenters. The lowest BCUT2D eigenvalue weighted by Crippen LogP contribution is -2.12. The summed E-state index contributed by atoms with van der Waals surface area (Å²) in [5.41, 5.74) is 6.44. The third-order valence-corrected chi connectivity index (χ3v) is 4.34. The van der Waals surface area contributed by atoms with Crippen molar-refractivity contribution in [1.82, 2.24) is 14.8 Å². The highest BCUT2D eigenvalue weighted by atomic mass is 32.2. The highest BCUT2D eigenvalue weighted by Crippen LogP contribution is 2.29. The number of halogens is 1. The van der Waals surface area contributed by atoms with Crippen LogP contribution in [0.4, 0.5) is 10.1 Å². The van der Waals surface area contributed by atoms with Crippen LogP contribution < -0.4 is 5.73 Å². The predicted molar refractivity (Wildman–Crippen MR) is 73.3 cm³/mol. The number of thioether (sulfide) groups is 1. The van der Waals surface area contributed by atoms with Crippen molar-refractivity contribution in [1.29, 1.82) is 0 Å². The van der Waals surface area contributed by atoms with Gasteiger partial charge in [0.1, 0.15) is 17.5 Å². The van der Waals surface area contributed by atoms with Crippen molar-refractivity contribution in [2.45, 2.75) is 36.5 Å². The number of hydrogen-bond acceptors (Lipinski definition) is 4. The number of aromatic nitrogens is 3. The van der Waals surface area contributed by atoms with Crippen LogP contribution in [0, 0.1) is 5.82 Å². The number of nitrogens with two attached hydrogens (primary N) is 1. The van der Waals surface area contributed by atoms with E-state index in [2.05, 4.69) is 14.8 Å². The molecule has 0 aliphatic carbocycles. The average Bonchev–Trinajstić information content (AvgIpc) is 2.83. The summed E-state index contributed by atoms with van der Waals surface area (Å²) in [7, 11) is 0. The lowest BCUT2D eigenvalue weighted by molar-refractivity contribution is 0.513. The van der Waals surface area contributed by atoms with Crippen molar-refractivity contribution < 1.29 is 4.39 Å². The van der Waals surface area contributed by atoms with E-state index in [1.807, 2.05) is 0 Å². The van der Waals surface area contributed by atoms with Gasteiger partial charge >= 0.3 is 0 Å². The van der Waals surface area contributed by atoms with Crippen molar-refractivity contribution in [2.24, 2.45) is 0 Å². The summed E-state index contributed by atoms with van der Waals surface area (Å²) in [6, 6.07) is 4.43. The molecular formula is C13H15FN4S. The monoisotopic (exact) mass is 278 g/mol. The van der Waals surface area contributed by atoms with Crippen LogP contribution in [0.25, 0.3) is 0 Å². The topological polar surface area (TPSA) is 56.7 Å². The van der Waals surface area contributed by atoms with Gasteiger partial charge in [0.2, 0.25) is 0 Å². The zero-order chi connectivity index (χ0) is 13.2. The highest BCUT2D eigenvalue weighted by Gasteiger charge is 2.16. The molecule has 1 aromatic heterocycles. The molecule has 1 aliphatic heterocycles. The molecule has 4 nitrogen and oxygen atoms in total. The molecule has 0 saturated heterocycles. The minimum atomic E-state index is -0.264. The summed E-state index contributed by atoms with van der Waals surface area (Å²) in [6.07, 6.45) is 3.35. The van der Waals surface area contributed by atoms with E-state index in [-0.39, 0.29) is 5.82 Å². The highest BCUT2D eigenvalue weighted by molar-refractivity contribution is 7.98. The zero-order valence-electron chi connectivity index (χ0n) is 10.5. The van der Waals surface area contributed by atoms with Gasteiger partial charge in [-0.1, -0.05) is 0 Å². The number of aryl methyl sites for hydroxylation is 1. The summed E-state index contributed by atoms with van der Waals surface area (Å²) in [5, 5.41) is 8.43. The van der Waals surface area contributed by atoms with Crippen LogP contribution in [0.15, 0.2) is 23.1 Å². The molecule has 100 valence electrons. The van der Waals surface area contributed by atoms with Crippen LogP contribution in [0.2, 0.25) is 0 Å². The second-order valence-electron chi connectivity index (χ2n) is 4.61. The number of rotatable bonds is 3. The molecule has 6 heteroatoms. The second kappa shape index (κ2) is 5.21. The smallest absolute Gasteiger partial charge is 0.143 e. The normalized spacial score (nSPS) is 14.4. The first kappa shape index (κ1) is 12.5. The third-order valence-electron chi connectivity index (χ3n) is 3.27. The van der Waals surface area contributed by atoms with Gasteiger partial charge < -0.3 is 10.3 Å². The number of nitrogens with zero attached hydrogens (tertiary/aromatic N) is 3. The van der Waals surface area contributed by atoms with Gasteiger partial charge in [-0.15, -0.1) is 22.0 Å². The van der Waals surface area contributed by atoms with E-state index >= 15 is 0 Å². The van der Waals surface area contributed by atoms with Crippen molar-refractivity contribution in [3.8, 4) is 0 Å². The van der Waals surface area contributed by atoms with Gasteiger partial charge in [0.15, 0.2) is 0 Å². The Morgan fingerprint density at radius 3 is 3.11 bits per heavy atom. The van der Waals surface area contributed by atoms with Gasteiger partial charge in [0, 0.05) is 23.5 Å². The molecule has 19 heavy (non-hydrogen) atoms. The van der Waals surface area contributed by atoms with Crippen molar-refractivity contribution in [3.05, 3.63) is 35.7 Å². The molecule has 0 radical (unpaired) electrons. The Morgan fingerprint density at radius 1 is 1.32 bits per heavy atom. The van der Waals surface area contributed by atoms with Crippen molar-refractivity contribution in [2.75, 3.05) is 5.73 Å². The number of anilines is 1. The van der Waals surface area contributed by atoms with E-state index in [4.69, 9.17) is 5.73 Å². The van der Waals surface area contributed by atoms with E-state index in [0.717, 1.165) is 29.5 Å². The van der Waals surface area contributed by atoms with Crippen LogP contribution in [0.1, 0.15) is 24.5 Å². The molecule has 0 amide bonds. The SMILES string of the molecule is Nc1ccc(F)cc1SCc1nnc2n1CCCC2. The fourth-order valence-corrected chi connectivity index (χ4v) is 3.18. The summed E-state index contributed by atoms with van der Waals surface area (Å²) < 4.78 is 15.4. The molecule has 1 aromatic carbocycles. The minimum Gasteiger partial charge on any atom is -0.398 e. The van der Waals surface area contributed by atoms with Crippen LogP contribution in [0.5, 0.6) is 0 Å². The standard InChI is InChI=1S/C13H15FN4S/c14-9-4-5-10(15)11(7-9)19-8-13-17-16-12-3-1-2-6-18(12)13/h4-5,7H,1-3,6,8,15H2. The maximum atomic E-state index is 13.2. The van der Waals surface area contributed by atoms with Gasteiger partial charge in [-0.2, -0.15) is 0 Å². The van der Waals surface area contributed by atoms with Crippen LogP contribution in [-0.4, -0.2) is 14.8 Å². The summed E-state index contributed by atoms with van der Waals surface area (Å²) >= 11 is 1.50. The van der Waals surface area contributed by atoms with Gasteiger partial charge in [0.05, 0.1) is 5.75 Å². The maximum absolute atomic E-state index is 13.2. The van der Waals surface area contributed by atoms with E-state index in [1.54, 1.807) is 6.07 Å². The van der Waals surface area contributed by atoms with Gasteiger partial charge in [-0.25, -0.2) is 4.39 Å². The lowest BCUT2D eigenvalue weighted by atomic mass is 10.2. The van der Waals surface area contributed by atoms with E-state index in [0.29, 0.717) is 11.4 Å². The Kier molecular flexibility index (Phi) is 3.42. The summed E-state index contributed by atoms with van der Waals surface area (Å²) in [4.78, 5) is 0.758. The van der Waals surface area contributed by atoms with E-state index in [9.17, 15) is 4.39 Å². The molecule has 0 spiro atoms. The Bertz CT molecular complexity index is 596. The van der Waals surface area contributed by atoms with E-state index in [1.165, 1.54) is 36.7 Å². The number of hydrogen-bond donors (Lipinski definition) is 1. The Balaban J connectivity index is 1.75. The fraction of sp³-hybridized carbons (Fsp3) is 0.385. The molecule has 3 rings (SSSR count). The maximum Gasteiger partial charge on any atom is 0.143 e. The molecule has 2 aromatic rings. The Labute approximate surface area is 115 Å². The first-order chi connectivity index (χ1) is 9.24. The van der Waals surface area contributed by atoms with E-state index < -0.39 is 0 Å². The quantitative estimate of drug-likeness (QED) is 0.692. The molecular weight excluding hydrogens is 263 g/mol. The first-order valence-electron chi connectivity index (χ1n) is 6.33. The molecule has 2 N–H and O–H groups in total. The first-order valence-corrected chi connectivity index (χ1v) is 7.31. The second-order valence-corrected chi connectivity index (χ2v) is 5.63. The molecule has 2 heterocycles. The summed E-state index contributed by atoms with van der Waals surface area (Å²) in [5.74, 6) is 2.41. The minimum absolute atomic E-state index is 0.264. The fourth-order valence-electron chi connectivity index (χ4n) is 2.25. The molecule has 0 bridgehead atoms. The molecule has 1 aliphatic rings. The Morgan fingerprint density at radius 2 is 2.21 bits per heavy atom. The molecule has 0 fully saturated rings. The predicted octanol–water partition coefficient (Wildman–Crippen LogP) is 2.63. The Hall–Kier alpha value is -1.56. The molecule has 0 unspecified atom stereocenters. The van der Waals surface area contributed by atoms with Crippen LogP contribution in [-0.2, 0) is 18.7 Å². The third kappa shape index (κ3) is 2.58. The largest absolute Gasteiger partial charge is 0.398 e. The van der Waals surface area contributed by atoms with Crippen LogP contribution in [0.3, 0.4) is 0 Å². The van der Waals surface area contributed by atoms with Gasteiger partial charge in [-0.3, -0.25) is 0 Å². The average molecular weight is 278 g/mol.